The SMILES string of the molecule is CC(C)C[C@@H](C(=O)OCC(=O)Nc1ccc(Br)cc1)N1C(=O)c2ccccc2C1=O. The van der Waals surface area contributed by atoms with Crippen molar-refractivity contribution < 1.29 is 23.9 Å². The summed E-state index contributed by atoms with van der Waals surface area (Å²) in [6, 6.07) is 12.3. The maximum absolute atomic E-state index is 12.8. The quantitative estimate of drug-likeness (QED) is 0.490. The summed E-state index contributed by atoms with van der Waals surface area (Å²) < 4.78 is 6.03. The molecule has 0 radical (unpaired) electrons. The number of benzene rings is 2. The fraction of sp³-hybridized carbons (Fsp3) is 0.273. The van der Waals surface area contributed by atoms with Crippen molar-refractivity contribution in [3.63, 3.8) is 0 Å². The fourth-order valence-corrected chi connectivity index (χ4v) is 3.47. The number of esters is 1. The van der Waals surface area contributed by atoms with Gasteiger partial charge in [-0.1, -0.05) is 41.9 Å². The molecular weight excluding hydrogens is 452 g/mol. The number of carbonyl (C=O) groups is 4. The summed E-state index contributed by atoms with van der Waals surface area (Å²) in [4.78, 5) is 51.3. The number of hydrogen-bond acceptors (Lipinski definition) is 5. The van der Waals surface area contributed by atoms with E-state index in [2.05, 4.69) is 21.2 Å². The first-order valence-corrected chi connectivity index (χ1v) is 10.3. The maximum atomic E-state index is 12.8. The summed E-state index contributed by atoms with van der Waals surface area (Å²) in [6.45, 7) is 3.23. The Labute approximate surface area is 182 Å². The minimum Gasteiger partial charge on any atom is -0.454 e. The number of imide groups is 1. The van der Waals surface area contributed by atoms with E-state index in [1.165, 1.54) is 0 Å². The third kappa shape index (κ3) is 4.76. The Hall–Kier alpha value is -3.00. The first-order valence-electron chi connectivity index (χ1n) is 9.47. The lowest BCUT2D eigenvalue weighted by Gasteiger charge is -2.25. The van der Waals surface area contributed by atoms with E-state index in [1.54, 1.807) is 48.5 Å². The third-order valence-electron chi connectivity index (χ3n) is 4.58. The lowest BCUT2D eigenvalue weighted by atomic mass is 10.0. The summed E-state index contributed by atoms with van der Waals surface area (Å²) in [5.74, 6) is -2.35. The number of fused-ring (bicyclic) bond motifs is 1. The number of anilines is 1. The molecule has 1 heterocycles. The standard InChI is InChI=1S/C22H21BrN2O5/c1-13(2)11-18(25-20(27)16-5-3-4-6-17(16)21(25)28)22(29)30-12-19(26)24-15-9-7-14(23)8-10-15/h3-10,13,18H,11-12H2,1-2H3,(H,24,26)/t18-/m0/s1. The Balaban J connectivity index is 1.69. The number of hydrogen-bond donors (Lipinski definition) is 1. The average Bonchev–Trinajstić information content (AvgIpc) is 2.97. The Morgan fingerprint density at radius 1 is 1.00 bits per heavy atom. The number of nitrogens with zero attached hydrogens (tertiary/aromatic N) is 1. The van der Waals surface area contributed by atoms with Crippen LogP contribution in [-0.4, -0.2) is 41.2 Å². The van der Waals surface area contributed by atoms with Crippen molar-refractivity contribution in [2.24, 2.45) is 5.92 Å². The molecule has 8 heteroatoms. The summed E-state index contributed by atoms with van der Waals surface area (Å²) in [5.41, 5.74) is 1.08. The lowest BCUT2D eigenvalue weighted by molar-refractivity contribution is -0.151. The second-order valence-corrected chi connectivity index (χ2v) is 8.25. The van der Waals surface area contributed by atoms with Crippen LogP contribution in [0, 0.1) is 5.92 Å². The Morgan fingerprint density at radius 2 is 1.57 bits per heavy atom. The van der Waals surface area contributed by atoms with Gasteiger partial charge in [-0.25, -0.2) is 4.79 Å². The summed E-state index contributed by atoms with van der Waals surface area (Å²) in [5, 5.41) is 2.62. The molecule has 0 unspecified atom stereocenters. The molecule has 0 fully saturated rings. The van der Waals surface area contributed by atoms with Gasteiger partial charge in [-0.3, -0.25) is 19.3 Å². The van der Waals surface area contributed by atoms with E-state index >= 15 is 0 Å². The minimum absolute atomic E-state index is 0.0171. The molecule has 3 amide bonds. The number of rotatable bonds is 7. The highest BCUT2D eigenvalue weighted by Crippen LogP contribution is 2.27. The fourth-order valence-electron chi connectivity index (χ4n) is 3.21. The molecule has 0 bridgehead atoms. The molecule has 1 N–H and O–H groups in total. The number of nitrogens with one attached hydrogen (secondary N) is 1. The van der Waals surface area contributed by atoms with E-state index < -0.39 is 36.3 Å². The highest BCUT2D eigenvalue weighted by molar-refractivity contribution is 9.10. The van der Waals surface area contributed by atoms with E-state index in [4.69, 9.17) is 4.74 Å². The van der Waals surface area contributed by atoms with Crippen molar-refractivity contribution in [1.29, 1.82) is 0 Å². The van der Waals surface area contributed by atoms with Gasteiger partial charge >= 0.3 is 5.97 Å². The van der Waals surface area contributed by atoms with Gasteiger partial charge in [0.25, 0.3) is 17.7 Å². The Morgan fingerprint density at radius 3 is 2.10 bits per heavy atom. The van der Waals surface area contributed by atoms with Crippen LogP contribution in [-0.2, 0) is 14.3 Å². The summed E-state index contributed by atoms with van der Waals surface area (Å²) in [7, 11) is 0. The molecule has 0 spiro atoms. The van der Waals surface area contributed by atoms with Crippen LogP contribution < -0.4 is 5.32 Å². The minimum atomic E-state index is -1.10. The van der Waals surface area contributed by atoms with Gasteiger partial charge in [0, 0.05) is 10.2 Å². The van der Waals surface area contributed by atoms with Crippen LogP contribution in [0.1, 0.15) is 41.0 Å². The molecule has 3 rings (SSSR count). The molecule has 0 saturated carbocycles. The lowest BCUT2D eigenvalue weighted by Crippen LogP contribution is -2.46. The zero-order valence-electron chi connectivity index (χ0n) is 16.6. The Bertz CT molecular complexity index is 952. The van der Waals surface area contributed by atoms with Crippen LogP contribution in [0.2, 0.25) is 0 Å². The van der Waals surface area contributed by atoms with Gasteiger partial charge in [0.15, 0.2) is 6.61 Å². The molecule has 0 aliphatic carbocycles. The van der Waals surface area contributed by atoms with Gasteiger partial charge in [-0.15, -0.1) is 0 Å². The zero-order chi connectivity index (χ0) is 21.8. The van der Waals surface area contributed by atoms with E-state index in [0.717, 1.165) is 9.37 Å². The number of halogens is 1. The number of amides is 3. The first kappa shape index (κ1) is 21.7. The van der Waals surface area contributed by atoms with Crippen molar-refractivity contribution in [3.8, 4) is 0 Å². The van der Waals surface area contributed by atoms with Crippen LogP contribution >= 0.6 is 15.9 Å². The van der Waals surface area contributed by atoms with E-state index in [-0.39, 0.29) is 23.5 Å². The second kappa shape index (κ2) is 9.21. The molecule has 2 aromatic rings. The highest BCUT2D eigenvalue weighted by Gasteiger charge is 2.43. The predicted molar refractivity (Wildman–Crippen MR) is 114 cm³/mol. The van der Waals surface area contributed by atoms with Gasteiger partial charge < -0.3 is 10.1 Å². The van der Waals surface area contributed by atoms with Crippen LogP contribution in [0.5, 0.6) is 0 Å². The van der Waals surface area contributed by atoms with Crippen molar-refractivity contribution in [1.82, 2.24) is 4.90 Å². The molecule has 30 heavy (non-hydrogen) atoms. The molecule has 7 nitrogen and oxygen atoms in total. The van der Waals surface area contributed by atoms with Gasteiger partial charge in [-0.2, -0.15) is 0 Å². The van der Waals surface area contributed by atoms with Crippen molar-refractivity contribution in [3.05, 3.63) is 64.1 Å². The van der Waals surface area contributed by atoms with Crippen LogP contribution in [0.3, 0.4) is 0 Å². The summed E-state index contributed by atoms with van der Waals surface area (Å²) >= 11 is 3.31. The smallest absolute Gasteiger partial charge is 0.329 e. The number of carbonyl (C=O) groups excluding carboxylic acids is 4. The molecule has 1 aliphatic rings. The summed E-state index contributed by atoms with van der Waals surface area (Å²) in [6.07, 6.45) is 0.235. The van der Waals surface area contributed by atoms with Gasteiger partial charge in [0.1, 0.15) is 6.04 Å². The molecule has 0 saturated heterocycles. The van der Waals surface area contributed by atoms with Crippen LogP contribution in [0.4, 0.5) is 5.69 Å². The Kier molecular flexibility index (Phi) is 6.66. The average molecular weight is 473 g/mol. The molecule has 2 aromatic carbocycles. The molecule has 0 aromatic heterocycles. The van der Waals surface area contributed by atoms with E-state index in [1.807, 2.05) is 13.8 Å². The zero-order valence-corrected chi connectivity index (χ0v) is 18.1. The second-order valence-electron chi connectivity index (χ2n) is 7.33. The predicted octanol–water partition coefficient (Wildman–Crippen LogP) is 3.64. The van der Waals surface area contributed by atoms with Crippen molar-refractivity contribution in [2.45, 2.75) is 26.3 Å². The molecular formula is C22H21BrN2O5. The van der Waals surface area contributed by atoms with Crippen LogP contribution in [0.15, 0.2) is 53.0 Å². The number of ether oxygens (including phenoxy) is 1. The maximum Gasteiger partial charge on any atom is 0.329 e. The van der Waals surface area contributed by atoms with Gasteiger partial charge in [-0.05, 0) is 48.7 Å². The topological polar surface area (TPSA) is 92.8 Å². The van der Waals surface area contributed by atoms with Crippen LogP contribution in [0.25, 0.3) is 0 Å². The third-order valence-corrected chi connectivity index (χ3v) is 5.11. The van der Waals surface area contributed by atoms with Gasteiger partial charge in [0.05, 0.1) is 11.1 Å². The largest absolute Gasteiger partial charge is 0.454 e. The molecule has 1 atom stereocenters. The normalized spacial score (nSPS) is 13.9. The van der Waals surface area contributed by atoms with Crippen molar-refractivity contribution >= 4 is 45.3 Å². The van der Waals surface area contributed by atoms with E-state index in [0.29, 0.717) is 5.69 Å². The van der Waals surface area contributed by atoms with Gasteiger partial charge in [0.2, 0.25) is 0 Å². The van der Waals surface area contributed by atoms with Crippen molar-refractivity contribution in [2.75, 3.05) is 11.9 Å². The molecule has 1 aliphatic heterocycles. The highest BCUT2D eigenvalue weighted by atomic mass is 79.9. The first-order chi connectivity index (χ1) is 14.3. The van der Waals surface area contributed by atoms with E-state index in [9.17, 15) is 19.2 Å². The molecule has 156 valence electrons. The monoisotopic (exact) mass is 472 g/mol.